The van der Waals surface area contributed by atoms with Gasteiger partial charge in [-0.25, -0.2) is 0 Å². The molecule has 0 saturated heterocycles. The van der Waals surface area contributed by atoms with Gasteiger partial charge in [0.2, 0.25) is 0 Å². The van der Waals surface area contributed by atoms with Gasteiger partial charge in [-0.2, -0.15) is 0 Å². The predicted molar refractivity (Wildman–Crippen MR) is 114 cm³/mol. The summed E-state index contributed by atoms with van der Waals surface area (Å²) in [5.74, 6) is 0. The summed E-state index contributed by atoms with van der Waals surface area (Å²) in [5.41, 5.74) is 3.97. The number of hydrogen-bond donors (Lipinski definition) is 2. The van der Waals surface area contributed by atoms with Crippen LogP contribution in [-0.2, 0) is 6.54 Å². The highest BCUT2D eigenvalue weighted by atomic mass is 32.1. The number of rotatable bonds is 7. The molecule has 26 heavy (non-hydrogen) atoms. The second kappa shape index (κ2) is 9.14. The van der Waals surface area contributed by atoms with Crippen molar-refractivity contribution in [3.05, 3.63) is 45.2 Å². The summed E-state index contributed by atoms with van der Waals surface area (Å²) >= 11 is 5.46. The molecule has 2 N–H and O–H groups in total. The Hall–Kier alpha value is -1.92. The first-order chi connectivity index (χ1) is 12.4. The summed E-state index contributed by atoms with van der Waals surface area (Å²) in [7, 11) is 1.82. The van der Waals surface area contributed by atoms with Crippen LogP contribution in [0.15, 0.2) is 23.0 Å². The van der Waals surface area contributed by atoms with E-state index >= 15 is 0 Å². The van der Waals surface area contributed by atoms with Gasteiger partial charge in [-0.15, -0.1) is 0 Å². The summed E-state index contributed by atoms with van der Waals surface area (Å²) in [6.45, 7) is 12.7. The average Bonchev–Trinajstić information content (AvgIpc) is 2.63. The molecule has 0 atom stereocenters. The minimum atomic E-state index is -0.0486. The topological polar surface area (TPSA) is 51.4 Å². The van der Waals surface area contributed by atoms with Crippen LogP contribution in [0.3, 0.4) is 0 Å². The maximum Gasteiger partial charge on any atom is 0.253 e. The SMILES string of the molecule is CCN(CC)CCN(Cc1cc2cc(C)c(C)cc2[nH]c1=O)C(=S)NC. The number of aromatic amines is 1. The van der Waals surface area contributed by atoms with Gasteiger partial charge in [-0.05, 0) is 73.9 Å². The molecular formula is C20H30N4OS. The van der Waals surface area contributed by atoms with Crippen molar-refractivity contribution in [1.29, 1.82) is 0 Å². The summed E-state index contributed by atoms with van der Waals surface area (Å²) in [6, 6.07) is 6.15. The number of fused-ring (bicyclic) bond motifs is 1. The molecule has 0 saturated carbocycles. The molecule has 0 bridgehead atoms. The van der Waals surface area contributed by atoms with E-state index in [1.165, 1.54) is 11.1 Å². The van der Waals surface area contributed by atoms with Gasteiger partial charge in [0.15, 0.2) is 5.11 Å². The Morgan fingerprint density at radius 3 is 2.38 bits per heavy atom. The number of pyridine rings is 1. The number of aromatic nitrogens is 1. The Labute approximate surface area is 161 Å². The van der Waals surface area contributed by atoms with Crippen LogP contribution in [0, 0.1) is 13.8 Å². The monoisotopic (exact) mass is 374 g/mol. The number of hydrogen-bond acceptors (Lipinski definition) is 3. The lowest BCUT2D eigenvalue weighted by Crippen LogP contribution is -2.43. The summed E-state index contributed by atoms with van der Waals surface area (Å²) < 4.78 is 0. The van der Waals surface area contributed by atoms with Crippen LogP contribution < -0.4 is 10.9 Å². The molecule has 0 aliphatic carbocycles. The maximum atomic E-state index is 12.6. The smallest absolute Gasteiger partial charge is 0.253 e. The number of thiocarbonyl (C=S) groups is 1. The number of likely N-dealkylation sites (N-methyl/N-ethyl adjacent to an activating group) is 1. The molecule has 0 fully saturated rings. The third-order valence-electron chi connectivity index (χ3n) is 4.98. The van der Waals surface area contributed by atoms with Crippen LogP contribution in [0.4, 0.5) is 0 Å². The second-order valence-electron chi connectivity index (χ2n) is 6.65. The highest BCUT2D eigenvalue weighted by molar-refractivity contribution is 7.80. The number of benzene rings is 1. The minimum absolute atomic E-state index is 0.0486. The van der Waals surface area contributed by atoms with E-state index in [0.717, 1.165) is 42.6 Å². The van der Waals surface area contributed by atoms with Gasteiger partial charge >= 0.3 is 0 Å². The molecule has 0 aliphatic rings. The van der Waals surface area contributed by atoms with E-state index in [-0.39, 0.29) is 5.56 Å². The Bertz CT molecular complexity index is 826. The molecule has 0 amide bonds. The van der Waals surface area contributed by atoms with E-state index < -0.39 is 0 Å². The first kappa shape index (κ1) is 20.4. The molecule has 0 unspecified atom stereocenters. The molecule has 0 spiro atoms. The van der Waals surface area contributed by atoms with Crippen LogP contribution in [0.5, 0.6) is 0 Å². The van der Waals surface area contributed by atoms with Crippen LogP contribution in [0.25, 0.3) is 10.9 Å². The van der Waals surface area contributed by atoms with Gasteiger partial charge in [0, 0.05) is 31.2 Å². The zero-order valence-electron chi connectivity index (χ0n) is 16.5. The largest absolute Gasteiger partial charge is 0.366 e. The van der Waals surface area contributed by atoms with Crippen molar-refractivity contribution in [2.24, 2.45) is 0 Å². The van der Waals surface area contributed by atoms with E-state index in [2.05, 4.69) is 53.9 Å². The van der Waals surface area contributed by atoms with Crippen molar-refractivity contribution >= 4 is 28.2 Å². The van der Waals surface area contributed by atoms with Crippen LogP contribution in [-0.4, -0.2) is 53.1 Å². The molecule has 5 nitrogen and oxygen atoms in total. The predicted octanol–water partition coefficient (Wildman–Crippen LogP) is 2.79. The lowest BCUT2D eigenvalue weighted by Gasteiger charge is -2.28. The van der Waals surface area contributed by atoms with Crippen LogP contribution in [0.1, 0.15) is 30.5 Å². The zero-order chi connectivity index (χ0) is 19.3. The first-order valence-electron chi connectivity index (χ1n) is 9.21. The van der Waals surface area contributed by atoms with Crippen LogP contribution in [0.2, 0.25) is 0 Å². The van der Waals surface area contributed by atoms with E-state index in [1.807, 2.05) is 19.2 Å². The molecule has 1 heterocycles. The molecule has 6 heteroatoms. The zero-order valence-corrected chi connectivity index (χ0v) is 17.3. The third-order valence-corrected chi connectivity index (χ3v) is 5.44. The van der Waals surface area contributed by atoms with Crippen molar-refractivity contribution in [1.82, 2.24) is 20.1 Å². The maximum absolute atomic E-state index is 12.6. The highest BCUT2D eigenvalue weighted by Crippen LogP contribution is 2.17. The molecule has 1 aromatic carbocycles. The molecule has 2 aromatic rings. The van der Waals surface area contributed by atoms with Crippen molar-refractivity contribution in [2.45, 2.75) is 34.2 Å². The van der Waals surface area contributed by atoms with Crippen LogP contribution >= 0.6 is 12.2 Å². The van der Waals surface area contributed by atoms with E-state index in [0.29, 0.717) is 11.7 Å². The summed E-state index contributed by atoms with van der Waals surface area (Å²) in [5, 5.41) is 4.77. The normalized spacial score (nSPS) is 11.2. The number of nitrogens with one attached hydrogen (secondary N) is 2. The molecule has 142 valence electrons. The van der Waals surface area contributed by atoms with Crippen molar-refractivity contribution < 1.29 is 0 Å². The molecule has 2 rings (SSSR count). The number of aryl methyl sites for hydroxylation is 2. The van der Waals surface area contributed by atoms with E-state index in [1.54, 1.807) is 0 Å². The van der Waals surface area contributed by atoms with Crippen molar-refractivity contribution in [3.63, 3.8) is 0 Å². The quantitative estimate of drug-likeness (QED) is 0.730. The van der Waals surface area contributed by atoms with Gasteiger partial charge in [0.05, 0.1) is 6.54 Å². The standard InChI is InChI=1S/C20H30N4OS/c1-6-23(7-2)8-9-24(20(26)21-5)13-17-12-16-10-14(3)15(4)11-18(16)22-19(17)25/h10-12H,6-9,13H2,1-5H3,(H,21,26)(H,22,25). The van der Waals surface area contributed by atoms with Gasteiger partial charge in [-0.1, -0.05) is 13.8 Å². The van der Waals surface area contributed by atoms with Gasteiger partial charge in [0.1, 0.15) is 0 Å². The van der Waals surface area contributed by atoms with E-state index in [9.17, 15) is 4.79 Å². The van der Waals surface area contributed by atoms with Crippen molar-refractivity contribution in [3.8, 4) is 0 Å². The van der Waals surface area contributed by atoms with Crippen molar-refractivity contribution in [2.75, 3.05) is 33.2 Å². The lowest BCUT2D eigenvalue weighted by atomic mass is 10.0. The molecular weight excluding hydrogens is 344 g/mol. The lowest BCUT2D eigenvalue weighted by molar-refractivity contribution is 0.264. The number of nitrogens with zero attached hydrogens (tertiary/aromatic N) is 2. The number of H-pyrrole nitrogens is 1. The van der Waals surface area contributed by atoms with Gasteiger partial charge in [-0.3, -0.25) is 4.79 Å². The first-order valence-corrected chi connectivity index (χ1v) is 9.62. The van der Waals surface area contributed by atoms with Gasteiger partial charge < -0.3 is 20.1 Å². The average molecular weight is 375 g/mol. The molecule has 0 aliphatic heterocycles. The Balaban J connectivity index is 2.29. The highest BCUT2D eigenvalue weighted by Gasteiger charge is 2.14. The molecule has 0 radical (unpaired) electrons. The van der Waals surface area contributed by atoms with E-state index in [4.69, 9.17) is 12.2 Å². The fourth-order valence-electron chi connectivity index (χ4n) is 3.06. The second-order valence-corrected chi connectivity index (χ2v) is 7.04. The molecule has 1 aromatic heterocycles. The fraction of sp³-hybridized carbons (Fsp3) is 0.500. The Kier molecular flexibility index (Phi) is 7.17. The summed E-state index contributed by atoms with van der Waals surface area (Å²) in [4.78, 5) is 20.0. The fourth-order valence-corrected chi connectivity index (χ4v) is 3.21. The Morgan fingerprint density at radius 2 is 1.77 bits per heavy atom. The van der Waals surface area contributed by atoms with Gasteiger partial charge in [0.25, 0.3) is 5.56 Å². The third kappa shape index (κ3) is 4.83. The minimum Gasteiger partial charge on any atom is -0.366 e. The Morgan fingerprint density at radius 1 is 1.12 bits per heavy atom. The summed E-state index contributed by atoms with van der Waals surface area (Å²) in [6.07, 6.45) is 0.